The molecule has 5 heteroatoms. The molecule has 1 aromatic rings. The summed E-state index contributed by atoms with van der Waals surface area (Å²) in [6.07, 6.45) is -0.0793. The van der Waals surface area contributed by atoms with Crippen molar-refractivity contribution < 1.29 is 14.7 Å². The van der Waals surface area contributed by atoms with E-state index in [-0.39, 0.29) is 18.4 Å². The summed E-state index contributed by atoms with van der Waals surface area (Å²) >= 11 is 5.97. The molecular formula is C13H16ClNO3. The molecule has 1 amide bonds. The molecule has 98 valence electrons. The number of aliphatic carboxylic acids is 1. The predicted molar refractivity (Wildman–Crippen MR) is 69.9 cm³/mol. The predicted octanol–water partition coefficient (Wildman–Crippen LogP) is 2.67. The first-order chi connectivity index (χ1) is 8.47. The Morgan fingerprint density at radius 2 is 2.00 bits per heavy atom. The van der Waals surface area contributed by atoms with E-state index in [2.05, 4.69) is 0 Å². The van der Waals surface area contributed by atoms with E-state index >= 15 is 0 Å². The van der Waals surface area contributed by atoms with Crippen molar-refractivity contribution in [2.45, 2.75) is 26.3 Å². The third-order valence-corrected chi connectivity index (χ3v) is 3.04. The minimum atomic E-state index is -0.923. The van der Waals surface area contributed by atoms with Gasteiger partial charge < -0.3 is 10.0 Å². The standard InChI is InChI=1S/C13H16ClNO3/c1-3-15(9(2)8-12(16)17)13(18)10-6-4-5-7-11(10)14/h4-7,9H,3,8H2,1-2H3,(H,16,17). The maximum Gasteiger partial charge on any atom is 0.305 e. The van der Waals surface area contributed by atoms with Gasteiger partial charge >= 0.3 is 5.97 Å². The first-order valence-corrected chi connectivity index (χ1v) is 6.12. The monoisotopic (exact) mass is 269 g/mol. The number of hydrogen-bond acceptors (Lipinski definition) is 2. The van der Waals surface area contributed by atoms with Crippen LogP contribution in [0.3, 0.4) is 0 Å². The van der Waals surface area contributed by atoms with Gasteiger partial charge in [-0.2, -0.15) is 0 Å². The number of halogens is 1. The third-order valence-electron chi connectivity index (χ3n) is 2.71. The van der Waals surface area contributed by atoms with E-state index in [1.807, 2.05) is 6.92 Å². The van der Waals surface area contributed by atoms with Crippen LogP contribution in [0.2, 0.25) is 5.02 Å². The van der Waals surface area contributed by atoms with Crippen LogP contribution in [0, 0.1) is 0 Å². The van der Waals surface area contributed by atoms with Gasteiger partial charge in [0.05, 0.1) is 17.0 Å². The normalized spacial score (nSPS) is 11.9. The van der Waals surface area contributed by atoms with Gasteiger partial charge in [-0.15, -0.1) is 0 Å². The van der Waals surface area contributed by atoms with Crippen molar-refractivity contribution in [1.82, 2.24) is 4.90 Å². The zero-order valence-corrected chi connectivity index (χ0v) is 11.1. The molecule has 0 fully saturated rings. The lowest BCUT2D eigenvalue weighted by atomic mass is 10.1. The smallest absolute Gasteiger partial charge is 0.305 e. The summed E-state index contributed by atoms with van der Waals surface area (Å²) in [7, 11) is 0. The molecule has 0 aliphatic rings. The third kappa shape index (κ3) is 3.47. The fourth-order valence-electron chi connectivity index (χ4n) is 1.81. The van der Waals surface area contributed by atoms with Gasteiger partial charge in [-0.1, -0.05) is 23.7 Å². The molecule has 0 spiro atoms. The molecule has 0 heterocycles. The summed E-state index contributed by atoms with van der Waals surface area (Å²) in [6, 6.07) is 6.40. The number of benzene rings is 1. The van der Waals surface area contributed by atoms with Gasteiger partial charge in [0.15, 0.2) is 0 Å². The Bertz CT molecular complexity index is 448. The lowest BCUT2D eigenvalue weighted by molar-refractivity contribution is -0.138. The maximum atomic E-state index is 12.3. The molecule has 0 saturated carbocycles. The van der Waals surface area contributed by atoms with Crippen molar-refractivity contribution in [3.05, 3.63) is 34.9 Å². The molecule has 18 heavy (non-hydrogen) atoms. The van der Waals surface area contributed by atoms with Crippen molar-refractivity contribution in [2.75, 3.05) is 6.54 Å². The molecule has 0 aromatic heterocycles. The van der Waals surface area contributed by atoms with E-state index < -0.39 is 5.97 Å². The number of nitrogens with zero attached hydrogens (tertiary/aromatic N) is 1. The second-order valence-corrected chi connectivity index (χ2v) is 4.43. The summed E-state index contributed by atoms with van der Waals surface area (Å²) in [5, 5.41) is 9.15. The highest BCUT2D eigenvalue weighted by Gasteiger charge is 2.23. The number of amides is 1. The van der Waals surface area contributed by atoms with Crippen LogP contribution in [0.25, 0.3) is 0 Å². The highest BCUT2D eigenvalue weighted by molar-refractivity contribution is 6.33. The molecule has 0 aliphatic heterocycles. The minimum Gasteiger partial charge on any atom is -0.481 e. The van der Waals surface area contributed by atoms with Crippen LogP contribution in [0.15, 0.2) is 24.3 Å². The molecule has 1 unspecified atom stereocenters. The number of carbonyl (C=O) groups is 2. The first kappa shape index (κ1) is 14.5. The molecule has 1 rings (SSSR count). The zero-order valence-electron chi connectivity index (χ0n) is 10.4. The molecule has 0 saturated heterocycles. The Morgan fingerprint density at radius 1 is 1.39 bits per heavy atom. The van der Waals surface area contributed by atoms with E-state index in [9.17, 15) is 9.59 Å². The Labute approximate surface area is 111 Å². The lowest BCUT2D eigenvalue weighted by Gasteiger charge is -2.27. The summed E-state index contributed by atoms with van der Waals surface area (Å²) in [5.74, 6) is -1.16. The molecular weight excluding hydrogens is 254 g/mol. The molecule has 1 N–H and O–H groups in total. The van der Waals surface area contributed by atoms with Crippen LogP contribution in [-0.4, -0.2) is 34.5 Å². The number of carbonyl (C=O) groups excluding carboxylic acids is 1. The van der Waals surface area contributed by atoms with Gasteiger partial charge in [-0.25, -0.2) is 0 Å². The molecule has 0 bridgehead atoms. The topological polar surface area (TPSA) is 57.6 Å². The van der Waals surface area contributed by atoms with Gasteiger partial charge in [-0.05, 0) is 26.0 Å². The van der Waals surface area contributed by atoms with Crippen LogP contribution in [0.5, 0.6) is 0 Å². The molecule has 4 nitrogen and oxygen atoms in total. The number of rotatable bonds is 5. The first-order valence-electron chi connectivity index (χ1n) is 5.74. The maximum absolute atomic E-state index is 12.3. The van der Waals surface area contributed by atoms with Crippen molar-refractivity contribution in [3.63, 3.8) is 0 Å². The van der Waals surface area contributed by atoms with Gasteiger partial charge in [0.25, 0.3) is 5.91 Å². The molecule has 0 aliphatic carbocycles. The summed E-state index contributed by atoms with van der Waals surface area (Å²) in [4.78, 5) is 24.5. The van der Waals surface area contributed by atoms with E-state index in [1.165, 1.54) is 4.90 Å². The average Bonchev–Trinajstić information content (AvgIpc) is 2.29. The van der Waals surface area contributed by atoms with Crippen LogP contribution in [-0.2, 0) is 4.79 Å². The van der Waals surface area contributed by atoms with Crippen molar-refractivity contribution in [1.29, 1.82) is 0 Å². The van der Waals surface area contributed by atoms with Crippen LogP contribution < -0.4 is 0 Å². The fourth-order valence-corrected chi connectivity index (χ4v) is 2.02. The number of hydrogen-bond donors (Lipinski definition) is 1. The lowest BCUT2D eigenvalue weighted by Crippen LogP contribution is -2.39. The highest BCUT2D eigenvalue weighted by atomic mass is 35.5. The Hall–Kier alpha value is -1.55. The van der Waals surface area contributed by atoms with Crippen molar-refractivity contribution in [3.8, 4) is 0 Å². The van der Waals surface area contributed by atoms with Gasteiger partial charge in [0.1, 0.15) is 0 Å². The largest absolute Gasteiger partial charge is 0.481 e. The highest BCUT2D eigenvalue weighted by Crippen LogP contribution is 2.18. The molecule has 0 radical (unpaired) electrons. The van der Waals surface area contributed by atoms with Crippen molar-refractivity contribution in [2.24, 2.45) is 0 Å². The van der Waals surface area contributed by atoms with Gasteiger partial charge in [0.2, 0.25) is 0 Å². The van der Waals surface area contributed by atoms with Gasteiger partial charge in [0, 0.05) is 12.6 Å². The zero-order chi connectivity index (χ0) is 13.7. The number of carboxylic acids is 1. The van der Waals surface area contributed by atoms with Gasteiger partial charge in [-0.3, -0.25) is 9.59 Å². The Morgan fingerprint density at radius 3 is 2.50 bits per heavy atom. The Balaban J connectivity index is 2.92. The van der Waals surface area contributed by atoms with Crippen LogP contribution >= 0.6 is 11.6 Å². The SMILES string of the molecule is CCN(C(=O)c1ccccc1Cl)C(C)CC(=O)O. The molecule has 1 atom stereocenters. The fraction of sp³-hybridized carbons (Fsp3) is 0.385. The van der Waals surface area contributed by atoms with Crippen molar-refractivity contribution >= 4 is 23.5 Å². The number of carboxylic acid groups (broad SMARTS) is 1. The van der Waals surface area contributed by atoms with E-state index in [4.69, 9.17) is 16.7 Å². The summed E-state index contributed by atoms with van der Waals surface area (Å²) in [5.41, 5.74) is 0.401. The van der Waals surface area contributed by atoms with E-state index in [0.717, 1.165) is 0 Å². The second-order valence-electron chi connectivity index (χ2n) is 4.02. The summed E-state index contributed by atoms with van der Waals surface area (Å²) < 4.78 is 0. The van der Waals surface area contributed by atoms with E-state index in [0.29, 0.717) is 17.1 Å². The summed E-state index contributed by atoms with van der Waals surface area (Å²) in [6.45, 7) is 3.97. The second kappa shape index (κ2) is 6.40. The molecule has 1 aromatic carbocycles. The Kier molecular flexibility index (Phi) is 5.16. The van der Waals surface area contributed by atoms with E-state index in [1.54, 1.807) is 31.2 Å². The quantitative estimate of drug-likeness (QED) is 0.894. The van der Waals surface area contributed by atoms with Crippen LogP contribution in [0.4, 0.5) is 0 Å². The minimum absolute atomic E-state index is 0.0793. The van der Waals surface area contributed by atoms with Crippen LogP contribution in [0.1, 0.15) is 30.6 Å². The average molecular weight is 270 g/mol.